The van der Waals surface area contributed by atoms with Gasteiger partial charge in [-0.25, -0.2) is 0 Å². The number of ether oxygens (including phenoxy) is 1. The summed E-state index contributed by atoms with van der Waals surface area (Å²) in [6.07, 6.45) is 2.01. The number of hydrogen-bond donors (Lipinski definition) is 1. The quantitative estimate of drug-likeness (QED) is 0.668. The minimum Gasteiger partial charge on any atom is -0.481 e. The molecule has 0 aliphatic carbocycles. The summed E-state index contributed by atoms with van der Waals surface area (Å²) >= 11 is 6.51. The predicted octanol–water partition coefficient (Wildman–Crippen LogP) is 2.41. The lowest BCUT2D eigenvalue weighted by Crippen LogP contribution is -2.29. The summed E-state index contributed by atoms with van der Waals surface area (Å²) < 4.78 is 5.30. The Morgan fingerprint density at radius 2 is 2.35 bits per heavy atom. The summed E-state index contributed by atoms with van der Waals surface area (Å²) in [7, 11) is 0. The predicted molar refractivity (Wildman–Crippen MR) is 79.3 cm³/mol. The topological polar surface area (TPSA) is 66.8 Å². The number of hydrogen-bond acceptors (Lipinski definition) is 5. The highest BCUT2D eigenvalue weighted by Gasteiger charge is 2.33. The Hall–Kier alpha value is -1.73. The second-order valence-electron chi connectivity index (χ2n) is 4.30. The number of nitrogens with zero attached hydrogens (tertiary/aromatic N) is 1. The van der Waals surface area contributed by atoms with Crippen molar-refractivity contribution in [2.24, 2.45) is 0 Å². The van der Waals surface area contributed by atoms with Crippen LogP contribution < -0.4 is 0 Å². The van der Waals surface area contributed by atoms with Crippen LogP contribution in [-0.4, -0.2) is 33.6 Å². The molecule has 1 aliphatic rings. The summed E-state index contributed by atoms with van der Waals surface area (Å²) in [5.74, 6) is -1.02. The molecule has 0 spiro atoms. The van der Waals surface area contributed by atoms with Gasteiger partial charge in [0.25, 0.3) is 11.1 Å². The number of thiocarbonyl (C=S) groups is 1. The average molecular weight is 311 g/mol. The van der Waals surface area contributed by atoms with Crippen LogP contribution in [0.4, 0.5) is 0 Å². The normalized spacial score (nSPS) is 16.9. The molecule has 1 N–H and O–H groups in total. The van der Waals surface area contributed by atoms with Gasteiger partial charge in [0, 0.05) is 23.9 Å². The SMILES string of the molecule is Cc1ccsc1/C=C1/OC(=S)N(CCCC(=O)O)C1=O. The lowest BCUT2D eigenvalue weighted by atomic mass is 10.2. The first kappa shape index (κ1) is 14.7. The highest BCUT2D eigenvalue weighted by Crippen LogP contribution is 2.24. The smallest absolute Gasteiger partial charge is 0.303 e. The molecule has 0 radical (unpaired) electrons. The van der Waals surface area contributed by atoms with E-state index in [1.165, 1.54) is 16.2 Å². The number of aryl methyl sites for hydroxylation is 1. The Morgan fingerprint density at radius 3 is 2.95 bits per heavy atom. The number of carboxylic acid groups (broad SMARTS) is 1. The fourth-order valence-corrected chi connectivity index (χ4v) is 2.84. The maximum absolute atomic E-state index is 12.1. The maximum atomic E-state index is 12.1. The van der Waals surface area contributed by atoms with E-state index in [0.717, 1.165) is 10.4 Å². The van der Waals surface area contributed by atoms with Crippen molar-refractivity contribution in [1.82, 2.24) is 4.90 Å². The van der Waals surface area contributed by atoms with Gasteiger partial charge in [0.15, 0.2) is 5.76 Å². The fourth-order valence-electron chi connectivity index (χ4n) is 1.73. The zero-order valence-corrected chi connectivity index (χ0v) is 12.4. The molecule has 0 bridgehead atoms. The highest BCUT2D eigenvalue weighted by atomic mass is 32.1. The van der Waals surface area contributed by atoms with E-state index < -0.39 is 5.97 Å². The van der Waals surface area contributed by atoms with E-state index in [4.69, 9.17) is 22.1 Å². The van der Waals surface area contributed by atoms with Crippen LogP contribution in [-0.2, 0) is 14.3 Å². The van der Waals surface area contributed by atoms with Gasteiger partial charge in [-0.05, 0) is 42.6 Å². The van der Waals surface area contributed by atoms with Crippen molar-refractivity contribution in [3.8, 4) is 0 Å². The van der Waals surface area contributed by atoms with E-state index >= 15 is 0 Å². The Morgan fingerprint density at radius 1 is 1.60 bits per heavy atom. The molecule has 0 aromatic carbocycles. The molecule has 5 nitrogen and oxygen atoms in total. The molecule has 7 heteroatoms. The maximum Gasteiger partial charge on any atom is 0.303 e. The van der Waals surface area contributed by atoms with E-state index in [0.29, 0.717) is 6.42 Å². The first-order valence-electron chi connectivity index (χ1n) is 6.00. The second-order valence-corrected chi connectivity index (χ2v) is 5.60. The number of thiophene rings is 1. The number of amides is 1. The molecule has 0 atom stereocenters. The largest absolute Gasteiger partial charge is 0.481 e. The third-order valence-corrected chi connectivity index (χ3v) is 4.08. The van der Waals surface area contributed by atoms with Crippen LogP contribution in [0.15, 0.2) is 17.2 Å². The third-order valence-electron chi connectivity index (χ3n) is 2.81. The first-order chi connectivity index (χ1) is 9.49. The van der Waals surface area contributed by atoms with Crippen LogP contribution >= 0.6 is 23.6 Å². The third kappa shape index (κ3) is 3.23. The van der Waals surface area contributed by atoms with Crippen molar-refractivity contribution < 1.29 is 19.4 Å². The summed E-state index contributed by atoms with van der Waals surface area (Å²) in [4.78, 5) is 24.8. The number of rotatable bonds is 5. The molecule has 0 unspecified atom stereocenters. The zero-order chi connectivity index (χ0) is 14.7. The molecule has 2 heterocycles. The summed E-state index contributed by atoms with van der Waals surface area (Å²) in [6, 6.07) is 1.96. The van der Waals surface area contributed by atoms with Crippen LogP contribution in [0.3, 0.4) is 0 Å². The van der Waals surface area contributed by atoms with Crippen molar-refractivity contribution >= 4 is 46.7 Å². The number of carboxylic acids is 1. The van der Waals surface area contributed by atoms with Crippen molar-refractivity contribution in [1.29, 1.82) is 0 Å². The summed E-state index contributed by atoms with van der Waals surface area (Å²) in [5.41, 5.74) is 1.06. The molecule has 106 valence electrons. The van der Waals surface area contributed by atoms with Crippen LogP contribution in [0.1, 0.15) is 23.3 Å². The molecule has 1 aromatic rings. The van der Waals surface area contributed by atoms with Gasteiger partial charge in [-0.1, -0.05) is 0 Å². The molecular formula is C13H13NO4S2. The Kier molecular flexibility index (Phi) is 4.51. The van der Waals surface area contributed by atoms with Gasteiger partial charge < -0.3 is 9.84 Å². The Bertz CT molecular complexity index is 591. The fraction of sp³-hybridized carbons (Fsp3) is 0.308. The van der Waals surface area contributed by atoms with E-state index in [-0.39, 0.29) is 29.8 Å². The van der Waals surface area contributed by atoms with Gasteiger partial charge in [0.2, 0.25) is 0 Å². The molecule has 2 rings (SSSR count). The van der Waals surface area contributed by atoms with Gasteiger partial charge in [0.05, 0.1) is 0 Å². The zero-order valence-electron chi connectivity index (χ0n) is 10.8. The number of carbonyl (C=O) groups excluding carboxylic acids is 1. The van der Waals surface area contributed by atoms with Crippen molar-refractivity contribution in [3.05, 3.63) is 27.6 Å². The molecule has 1 amide bonds. The number of carbonyl (C=O) groups is 2. The van der Waals surface area contributed by atoms with Gasteiger partial charge in [0.1, 0.15) is 0 Å². The van der Waals surface area contributed by atoms with E-state index in [1.807, 2.05) is 18.4 Å². The molecule has 1 fully saturated rings. The Labute approximate surface area is 125 Å². The number of aliphatic carboxylic acids is 1. The van der Waals surface area contributed by atoms with Gasteiger partial charge in [-0.2, -0.15) is 0 Å². The van der Waals surface area contributed by atoms with Crippen molar-refractivity contribution in [2.45, 2.75) is 19.8 Å². The van der Waals surface area contributed by atoms with Crippen molar-refractivity contribution in [3.63, 3.8) is 0 Å². The molecule has 1 aliphatic heterocycles. The lowest BCUT2D eigenvalue weighted by molar-refractivity contribution is -0.137. The Balaban J connectivity index is 2.07. The van der Waals surface area contributed by atoms with E-state index in [2.05, 4.69) is 0 Å². The van der Waals surface area contributed by atoms with Gasteiger partial charge in [-0.3, -0.25) is 14.5 Å². The van der Waals surface area contributed by atoms with Crippen molar-refractivity contribution in [2.75, 3.05) is 6.54 Å². The molecular weight excluding hydrogens is 298 g/mol. The second kappa shape index (κ2) is 6.15. The highest BCUT2D eigenvalue weighted by molar-refractivity contribution is 7.80. The molecule has 20 heavy (non-hydrogen) atoms. The standard InChI is InChI=1S/C13H13NO4S2/c1-8-4-6-20-10(8)7-9-12(17)14(13(19)18-9)5-2-3-11(15)16/h4,6-7H,2-3,5H2,1H3,(H,15,16)/b9-7+. The monoisotopic (exact) mass is 311 g/mol. The molecule has 1 saturated heterocycles. The van der Waals surface area contributed by atoms with Crippen LogP contribution in [0, 0.1) is 6.92 Å². The van der Waals surface area contributed by atoms with Crippen LogP contribution in [0.5, 0.6) is 0 Å². The van der Waals surface area contributed by atoms with Crippen LogP contribution in [0.2, 0.25) is 0 Å². The summed E-state index contributed by atoms with van der Waals surface area (Å²) in [6.45, 7) is 2.20. The summed E-state index contributed by atoms with van der Waals surface area (Å²) in [5, 5.41) is 10.6. The molecule has 1 aromatic heterocycles. The molecule has 0 saturated carbocycles. The van der Waals surface area contributed by atoms with Gasteiger partial charge >= 0.3 is 5.97 Å². The lowest BCUT2D eigenvalue weighted by Gasteiger charge is -2.10. The average Bonchev–Trinajstić information content (AvgIpc) is 2.88. The van der Waals surface area contributed by atoms with Gasteiger partial charge in [-0.15, -0.1) is 11.3 Å². The minimum absolute atomic E-state index is 0.00449. The van der Waals surface area contributed by atoms with Crippen LogP contribution in [0.25, 0.3) is 6.08 Å². The first-order valence-corrected chi connectivity index (χ1v) is 7.29. The minimum atomic E-state index is -0.895. The van der Waals surface area contributed by atoms with E-state index in [9.17, 15) is 9.59 Å². The van der Waals surface area contributed by atoms with E-state index in [1.54, 1.807) is 6.08 Å².